The molecule has 0 bridgehead atoms. The van der Waals surface area contributed by atoms with Crippen molar-refractivity contribution < 1.29 is 24.5 Å². The van der Waals surface area contributed by atoms with Gasteiger partial charge in [0.05, 0.1) is 22.7 Å². The van der Waals surface area contributed by atoms with Gasteiger partial charge in [-0.15, -0.1) is 23.8 Å². The van der Waals surface area contributed by atoms with Gasteiger partial charge in [-0.25, -0.2) is 0 Å². The van der Waals surface area contributed by atoms with Gasteiger partial charge in [0.25, 0.3) is 0 Å². The summed E-state index contributed by atoms with van der Waals surface area (Å²) < 4.78 is 16.9. The fraction of sp³-hybridized carbons (Fsp3) is 0.0833. The minimum atomic E-state index is -0.333. The van der Waals surface area contributed by atoms with Crippen molar-refractivity contribution in [2.45, 2.75) is 13.3 Å². The Morgan fingerprint density at radius 3 is 2.10 bits per heavy atom. The molecule has 0 spiro atoms. The Morgan fingerprint density at radius 2 is 1.52 bits per heavy atom. The summed E-state index contributed by atoms with van der Waals surface area (Å²) in [7, 11) is 0. The average Bonchev–Trinajstić information content (AvgIpc) is 3.09. The molecule has 5 rings (SSSR count). The van der Waals surface area contributed by atoms with E-state index in [1.165, 1.54) is 6.07 Å². The van der Waals surface area contributed by atoms with E-state index in [0.29, 0.717) is 17.1 Å². The first-order valence-electron chi connectivity index (χ1n) is 9.27. The molecule has 2 aromatic heterocycles. The standard InChI is InChI=1S/C24H17FN3.Ir/c1-2-16-14-26-24(27-15-16)17-11-12-20(25)23(13-17)28-21-9-5-3-7-18(21)19-8-4-6-10-22(19)28;/h3-10,12-15H,2H2,1H3;/q-1;. The molecule has 0 amide bonds. The fourth-order valence-electron chi connectivity index (χ4n) is 3.62. The predicted molar refractivity (Wildman–Crippen MR) is 110 cm³/mol. The topological polar surface area (TPSA) is 30.7 Å². The number of para-hydroxylation sites is 2. The maximum atomic E-state index is 14.9. The van der Waals surface area contributed by atoms with Crippen molar-refractivity contribution >= 4 is 21.8 Å². The number of rotatable bonds is 3. The van der Waals surface area contributed by atoms with E-state index in [-0.39, 0.29) is 25.9 Å². The van der Waals surface area contributed by atoms with Gasteiger partial charge in [-0.2, -0.15) is 0 Å². The van der Waals surface area contributed by atoms with Crippen molar-refractivity contribution in [3.63, 3.8) is 0 Å². The molecule has 0 atom stereocenters. The van der Waals surface area contributed by atoms with Crippen molar-refractivity contribution in [1.29, 1.82) is 0 Å². The smallest absolute Gasteiger partial charge is 0.0749 e. The fourth-order valence-corrected chi connectivity index (χ4v) is 3.62. The number of nitrogens with zero attached hydrogens (tertiary/aromatic N) is 3. The summed E-state index contributed by atoms with van der Waals surface area (Å²) in [5, 5.41) is 2.19. The van der Waals surface area contributed by atoms with Crippen molar-refractivity contribution in [3.05, 3.63) is 90.5 Å². The molecule has 0 aliphatic carbocycles. The Morgan fingerprint density at radius 1 is 0.931 bits per heavy atom. The SMILES string of the molecule is CCc1cnc(-c2[c-]cc(F)c(-n3c4ccccc4c4ccccc43)c2)nc1.[Ir]. The van der Waals surface area contributed by atoms with Crippen LogP contribution in [0.1, 0.15) is 12.5 Å². The van der Waals surface area contributed by atoms with E-state index in [1.807, 2.05) is 41.0 Å². The van der Waals surface area contributed by atoms with Gasteiger partial charge in [-0.3, -0.25) is 14.4 Å². The number of aryl methyl sites for hydroxylation is 1. The van der Waals surface area contributed by atoms with Crippen LogP contribution in [-0.4, -0.2) is 14.5 Å². The summed E-state index contributed by atoms with van der Waals surface area (Å²) >= 11 is 0. The number of halogens is 1. The second kappa shape index (κ2) is 7.86. The van der Waals surface area contributed by atoms with E-state index in [0.717, 1.165) is 33.8 Å². The van der Waals surface area contributed by atoms with Gasteiger partial charge in [0, 0.05) is 43.3 Å². The largest absolute Gasteiger partial charge is 0.324 e. The molecule has 1 radical (unpaired) electrons. The maximum absolute atomic E-state index is 14.9. The molecular weight excluding hydrogens is 542 g/mol. The number of benzene rings is 3. The van der Waals surface area contributed by atoms with Crippen LogP contribution < -0.4 is 0 Å². The summed E-state index contributed by atoms with van der Waals surface area (Å²) in [5.41, 5.74) is 4.12. The minimum absolute atomic E-state index is 0. The van der Waals surface area contributed by atoms with E-state index < -0.39 is 0 Å². The molecule has 0 aliphatic heterocycles. The molecule has 5 heteroatoms. The Balaban J connectivity index is 0.00000205. The number of hydrogen-bond donors (Lipinski definition) is 0. The van der Waals surface area contributed by atoms with Crippen molar-refractivity contribution in [2.24, 2.45) is 0 Å². The Labute approximate surface area is 181 Å². The quantitative estimate of drug-likeness (QED) is 0.265. The third-order valence-corrected chi connectivity index (χ3v) is 5.06. The van der Waals surface area contributed by atoms with Crippen molar-refractivity contribution in [3.8, 4) is 17.1 Å². The molecule has 5 aromatic rings. The van der Waals surface area contributed by atoms with Crippen LogP contribution in [0.3, 0.4) is 0 Å². The van der Waals surface area contributed by atoms with Crippen LogP contribution in [0.15, 0.2) is 73.1 Å². The molecule has 0 fully saturated rings. The zero-order valence-corrected chi connectivity index (χ0v) is 18.1. The van der Waals surface area contributed by atoms with Crippen molar-refractivity contribution in [1.82, 2.24) is 14.5 Å². The van der Waals surface area contributed by atoms with Crippen LogP contribution in [0, 0.1) is 11.9 Å². The average molecular weight is 559 g/mol. The molecule has 3 aromatic carbocycles. The van der Waals surface area contributed by atoms with E-state index in [9.17, 15) is 4.39 Å². The van der Waals surface area contributed by atoms with Crippen molar-refractivity contribution in [2.75, 3.05) is 0 Å². The van der Waals surface area contributed by atoms with Crippen LogP contribution in [0.4, 0.5) is 4.39 Å². The first-order valence-corrected chi connectivity index (χ1v) is 9.27. The molecule has 0 saturated carbocycles. The maximum Gasteiger partial charge on any atom is 0.0749 e. The molecule has 0 N–H and O–H groups in total. The van der Waals surface area contributed by atoms with Gasteiger partial charge < -0.3 is 4.57 Å². The number of fused-ring (bicyclic) bond motifs is 3. The Hall–Kier alpha value is -2.88. The van der Waals surface area contributed by atoms with E-state index >= 15 is 0 Å². The van der Waals surface area contributed by atoms with Crippen LogP contribution in [0.25, 0.3) is 38.9 Å². The molecule has 0 unspecified atom stereocenters. The Kier molecular flexibility index (Phi) is 5.27. The third kappa shape index (κ3) is 3.27. The Bertz CT molecular complexity index is 1260. The first kappa shape index (κ1) is 19.4. The summed E-state index contributed by atoms with van der Waals surface area (Å²) in [5.74, 6) is 0.208. The van der Waals surface area contributed by atoms with Crippen LogP contribution >= 0.6 is 0 Å². The monoisotopic (exact) mass is 559 g/mol. The summed E-state index contributed by atoms with van der Waals surface area (Å²) in [6.45, 7) is 2.06. The normalized spacial score (nSPS) is 11.0. The second-order valence-electron chi connectivity index (χ2n) is 6.72. The van der Waals surface area contributed by atoms with Crippen LogP contribution in [0.5, 0.6) is 0 Å². The van der Waals surface area contributed by atoms with E-state index in [1.54, 1.807) is 18.5 Å². The molecule has 145 valence electrons. The molecule has 3 nitrogen and oxygen atoms in total. The van der Waals surface area contributed by atoms with Crippen LogP contribution in [0.2, 0.25) is 0 Å². The molecule has 0 saturated heterocycles. The summed E-state index contributed by atoms with van der Waals surface area (Å²) in [6, 6.07) is 22.2. The zero-order valence-electron chi connectivity index (χ0n) is 15.7. The summed E-state index contributed by atoms with van der Waals surface area (Å²) in [6.07, 6.45) is 4.49. The van der Waals surface area contributed by atoms with E-state index in [2.05, 4.69) is 35.1 Å². The third-order valence-electron chi connectivity index (χ3n) is 5.06. The predicted octanol–water partition coefficient (Wildman–Crippen LogP) is 5.74. The minimum Gasteiger partial charge on any atom is -0.324 e. The molecule has 2 heterocycles. The molecule has 0 aliphatic rings. The van der Waals surface area contributed by atoms with Crippen LogP contribution in [-0.2, 0) is 26.5 Å². The van der Waals surface area contributed by atoms with Gasteiger partial charge in [0.2, 0.25) is 0 Å². The van der Waals surface area contributed by atoms with E-state index in [4.69, 9.17) is 0 Å². The number of hydrogen-bond acceptors (Lipinski definition) is 2. The van der Waals surface area contributed by atoms with Gasteiger partial charge in [0.15, 0.2) is 0 Å². The zero-order chi connectivity index (χ0) is 19.1. The van der Waals surface area contributed by atoms with Gasteiger partial charge in [-0.1, -0.05) is 43.3 Å². The molecular formula is C24H17FIrN3-. The summed E-state index contributed by atoms with van der Waals surface area (Å²) in [4.78, 5) is 8.84. The number of aromatic nitrogens is 3. The van der Waals surface area contributed by atoms with Gasteiger partial charge in [-0.05, 0) is 29.8 Å². The van der Waals surface area contributed by atoms with Gasteiger partial charge in [0.1, 0.15) is 0 Å². The van der Waals surface area contributed by atoms with Gasteiger partial charge >= 0.3 is 0 Å². The second-order valence-corrected chi connectivity index (χ2v) is 6.72. The first-order chi connectivity index (χ1) is 13.8. The molecule has 29 heavy (non-hydrogen) atoms.